The predicted octanol–water partition coefficient (Wildman–Crippen LogP) is -0.622. The van der Waals surface area contributed by atoms with E-state index in [1.807, 2.05) is 6.92 Å². The van der Waals surface area contributed by atoms with Crippen LogP contribution in [0.5, 0.6) is 0 Å². The molecule has 0 unspecified atom stereocenters. The average Bonchev–Trinajstić information content (AvgIpc) is 2.87. The summed E-state index contributed by atoms with van der Waals surface area (Å²) in [4.78, 5) is 3.82. The Bertz CT molecular complexity index is 434. The highest BCUT2D eigenvalue weighted by atomic mass is 32.2. The molecule has 2 N–H and O–H groups in total. The summed E-state index contributed by atoms with van der Waals surface area (Å²) in [7, 11) is -1.88. The van der Waals surface area contributed by atoms with Gasteiger partial charge in [-0.1, -0.05) is 12.1 Å². The summed E-state index contributed by atoms with van der Waals surface area (Å²) in [6, 6.07) is 0. The second-order valence-corrected chi connectivity index (χ2v) is 5.88. The molecule has 0 saturated heterocycles. The van der Waals surface area contributed by atoms with Gasteiger partial charge >= 0.3 is 0 Å². The Morgan fingerprint density at radius 2 is 2.21 bits per heavy atom. The third kappa shape index (κ3) is 6.10. The molecule has 110 valence electrons. The van der Waals surface area contributed by atoms with Crippen molar-refractivity contribution in [3.8, 4) is 0 Å². The van der Waals surface area contributed by atoms with Crippen molar-refractivity contribution in [3.05, 3.63) is 12.2 Å². The lowest BCUT2D eigenvalue weighted by Crippen LogP contribution is -2.40. The van der Waals surface area contributed by atoms with E-state index in [-0.39, 0.29) is 6.54 Å². The van der Waals surface area contributed by atoms with Gasteiger partial charge in [-0.05, 0) is 19.5 Å². The monoisotopic (exact) mass is 291 g/mol. The maximum absolute atomic E-state index is 11.9. The molecule has 1 aromatic rings. The Labute approximate surface area is 113 Å². The van der Waals surface area contributed by atoms with Crippen LogP contribution in [-0.4, -0.2) is 56.1 Å². The molecule has 1 rings (SSSR count). The Morgan fingerprint density at radius 1 is 1.42 bits per heavy atom. The van der Waals surface area contributed by atoms with Crippen molar-refractivity contribution in [2.45, 2.75) is 19.8 Å². The molecule has 0 atom stereocenters. The summed E-state index contributed by atoms with van der Waals surface area (Å²) in [6.45, 7) is 4.42. The molecule has 0 aromatic carbocycles. The van der Waals surface area contributed by atoms with Crippen LogP contribution in [-0.2, 0) is 16.6 Å². The van der Waals surface area contributed by atoms with E-state index in [0.29, 0.717) is 18.9 Å². The molecule has 0 aliphatic carbocycles. The van der Waals surface area contributed by atoms with Gasteiger partial charge in [0.1, 0.15) is 0 Å². The van der Waals surface area contributed by atoms with Gasteiger partial charge in [-0.15, -0.1) is 0 Å². The molecule has 0 saturated carbocycles. The van der Waals surface area contributed by atoms with Crippen LogP contribution in [0.2, 0.25) is 0 Å². The van der Waals surface area contributed by atoms with E-state index in [4.69, 9.17) is 4.52 Å². The minimum atomic E-state index is -3.43. The van der Waals surface area contributed by atoms with Gasteiger partial charge in [0, 0.05) is 26.6 Å². The average molecular weight is 291 g/mol. The first-order valence-electron chi connectivity index (χ1n) is 6.23. The fourth-order valence-corrected chi connectivity index (χ4v) is 2.38. The lowest BCUT2D eigenvalue weighted by molar-refractivity contribution is 0.376. The summed E-state index contributed by atoms with van der Waals surface area (Å²) in [6.07, 6.45) is 2.44. The van der Waals surface area contributed by atoms with E-state index >= 15 is 0 Å². The van der Waals surface area contributed by atoms with E-state index in [1.165, 1.54) is 10.6 Å². The highest BCUT2D eigenvalue weighted by molar-refractivity contribution is 7.87. The van der Waals surface area contributed by atoms with Crippen LogP contribution in [0.15, 0.2) is 10.9 Å². The van der Waals surface area contributed by atoms with Crippen molar-refractivity contribution in [2.24, 2.45) is 0 Å². The Balaban J connectivity index is 2.25. The number of rotatable bonds is 10. The highest BCUT2D eigenvalue weighted by Gasteiger charge is 2.16. The predicted molar refractivity (Wildman–Crippen MR) is 70.7 cm³/mol. The lowest BCUT2D eigenvalue weighted by Gasteiger charge is -2.17. The van der Waals surface area contributed by atoms with Gasteiger partial charge < -0.3 is 9.84 Å². The number of hydrogen-bond donors (Lipinski definition) is 2. The van der Waals surface area contributed by atoms with E-state index in [0.717, 1.165) is 19.5 Å². The number of nitrogens with one attached hydrogen (secondary N) is 2. The third-order valence-corrected chi connectivity index (χ3v) is 4.09. The molecule has 0 aliphatic heterocycles. The van der Waals surface area contributed by atoms with Gasteiger partial charge in [0.25, 0.3) is 10.2 Å². The molecule has 0 radical (unpaired) electrons. The summed E-state index contributed by atoms with van der Waals surface area (Å²) in [5.74, 6) is 0.414. The van der Waals surface area contributed by atoms with Crippen molar-refractivity contribution >= 4 is 10.2 Å². The first-order chi connectivity index (χ1) is 9.06. The second kappa shape index (κ2) is 8.20. The second-order valence-electron chi connectivity index (χ2n) is 4.01. The van der Waals surface area contributed by atoms with Gasteiger partial charge in [0.05, 0.1) is 0 Å². The first-order valence-corrected chi connectivity index (χ1v) is 7.67. The molecule has 8 nitrogen and oxygen atoms in total. The van der Waals surface area contributed by atoms with Crippen LogP contribution >= 0.6 is 0 Å². The van der Waals surface area contributed by atoms with Crippen molar-refractivity contribution in [2.75, 3.05) is 33.2 Å². The standard InChI is InChI=1S/C10H21N5O3S/c1-3-11-6-4-8-15(2)19(16,17)14-7-5-10-12-9-13-18-10/h9,11,14H,3-8H2,1-2H3. The van der Waals surface area contributed by atoms with Gasteiger partial charge in [0.2, 0.25) is 5.89 Å². The summed E-state index contributed by atoms with van der Waals surface area (Å²) < 4.78 is 32.3. The highest BCUT2D eigenvalue weighted by Crippen LogP contribution is 1.97. The quantitative estimate of drug-likeness (QED) is 0.557. The molecule has 0 fully saturated rings. The fourth-order valence-electron chi connectivity index (χ4n) is 1.43. The molecule has 0 spiro atoms. The molecule has 0 amide bonds. The van der Waals surface area contributed by atoms with Gasteiger partial charge in [-0.2, -0.15) is 17.7 Å². The number of aromatic nitrogens is 2. The Hall–Kier alpha value is -1.03. The zero-order valence-electron chi connectivity index (χ0n) is 11.3. The van der Waals surface area contributed by atoms with Crippen LogP contribution in [0.25, 0.3) is 0 Å². The number of nitrogens with zero attached hydrogens (tertiary/aromatic N) is 3. The molecular formula is C10H21N5O3S. The van der Waals surface area contributed by atoms with E-state index < -0.39 is 10.2 Å². The van der Waals surface area contributed by atoms with Crippen molar-refractivity contribution in [1.82, 2.24) is 24.5 Å². The smallest absolute Gasteiger partial charge is 0.279 e. The fraction of sp³-hybridized carbons (Fsp3) is 0.800. The summed E-state index contributed by atoms with van der Waals surface area (Å²) in [5.41, 5.74) is 0. The molecule has 1 heterocycles. The SMILES string of the molecule is CCNCCCN(C)S(=O)(=O)NCCc1ncno1. The van der Waals surface area contributed by atoms with Gasteiger partial charge in [0.15, 0.2) is 6.33 Å². The third-order valence-electron chi connectivity index (χ3n) is 2.52. The maximum atomic E-state index is 11.9. The zero-order chi connectivity index (χ0) is 14.1. The van der Waals surface area contributed by atoms with E-state index in [2.05, 4.69) is 20.2 Å². The topological polar surface area (TPSA) is 100 Å². The molecular weight excluding hydrogens is 270 g/mol. The van der Waals surface area contributed by atoms with Crippen LogP contribution in [0, 0.1) is 0 Å². The molecule has 0 aliphatic rings. The Morgan fingerprint density at radius 3 is 2.84 bits per heavy atom. The normalized spacial score (nSPS) is 12.2. The van der Waals surface area contributed by atoms with Crippen molar-refractivity contribution in [1.29, 1.82) is 0 Å². The minimum Gasteiger partial charge on any atom is -0.340 e. The van der Waals surface area contributed by atoms with E-state index in [9.17, 15) is 8.42 Å². The molecule has 0 bridgehead atoms. The molecule has 1 aromatic heterocycles. The maximum Gasteiger partial charge on any atom is 0.279 e. The minimum absolute atomic E-state index is 0.238. The summed E-state index contributed by atoms with van der Waals surface area (Å²) >= 11 is 0. The molecule has 19 heavy (non-hydrogen) atoms. The largest absolute Gasteiger partial charge is 0.340 e. The van der Waals surface area contributed by atoms with Gasteiger partial charge in [-0.25, -0.2) is 4.72 Å². The van der Waals surface area contributed by atoms with Crippen LogP contribution in [0.3, 0.4) is 0 Å². The van der Waals surface area contributed by atoms with E-state index in [1.54, 1.807) is 7.05 Å². The zero-order valence-corrected chi connectivity index (χ0v) is 12.1. The van der Waals surface area contributed by atoms with Gasteiger partial charge in [-0.3, -0.25) is 0 Å². The first kappa shape index (κ1) is 16.0. The van der Waals surface area contributed by atoms with Crippen molar-refractivity contribution < 1.29 is 12.9 Å². The van der Waals surface area contributed by atoms with Crippen molar-refractivity contribution in [3.63, 3.8) is 0 Å². The van der Waals surface area contributed by atoms with Crippen LogP contribution < -0.4 is 10.0 Å². The summed E-state index contributed by atoms with van der Waals surface area (Å²) in [5, 5.41) is 6.60. The Kier molecular flexibility index (Phi) is 6.92. The van der Waals surface area contributed by atoms with Crippen LogP contribution in [0.4, 0.5) is 0 Å². The number of hydrogen-bond acceptors (Lipinski definition) is 6. The van der Waals surface area contributed by atoms with Crippen LogP contribution in [0.1, 0.15) is 19.2 Å². The lowest BCUT2D eigenvalue weighted by atomic mass is 10.4. The molecule has 9 heteroatoms.